The number of benzene rings is 1. The first-order valence-corrected chi connectivity index (χ1v) is 11.5. The van der Waals surface area contributed by atoms with Gasteiger partial charge >= 0.3 is 0 Å². The highest BCUT2D eigenvalue weighted by Crippen LogP contribution is 2.24. The molecule has 1 aromatic carbocycles. The number of carbonyl (C=O) groups is 2. The smallest absolute Gasteiger partial charge is 0.225 e. The van der Waals surface area contributed by atoms with Crippen LogP contribution in [-0.2, 0) is 9.59 Å². The fourth-order valence-electron chi connectivity index (χ4n) is 4.01. The van der Waals surface area contributed by atoms with Crippen molar-refractivity contribution >= 4 is 23.6 Å². The Morgan fingerprint density at radius 2 is 1.61 bits per heavy atom. The second kappa shape index (κ2) is 10.7. The highest BCUT2D eigenvalue weighted by atomic mass is 32.2. The van der Waals surface area contributed by atoms with Crippen LogP contribution in [0.4, 0.5) is 0 Å². The maximum atomic E-state index is 12.8. The fourth-order valence-corrected chi connectivity index (χ4v) is 4.85. The van der Waals surface area contributed by atoms with E-state index in [-0.39, 0.29) is 11.8 Å². The van der Waals surface area contributed by atoms with Gasteiger partial charge in [-0.2, -0.15) is 0 Å². The Balaban J connectivity index is 1.37. The maximum absolute atomic E-state index is 12.8. The molecule has 0 saturated carbocycles. The topological polar surface area (TPSA) is 49.9 Å². The van der Waals surface area contributed by atoms with Crippen molar-refractivity contribution in [2.45, 2.75) is 49.8 Å². The van der Waals surface area contributed by atoms with Crippen LogP contribution in [-0.4, -0.2) is 60.7 Å². The normalized spacial score (nSPS) is 18.6. The molecular weight excluding hydrogens is 372 g/mol. The molecule has 0 atom stereocenters. The molecular formula is C22H32N2O3S. The van der Waals surface area contributed by atoms with Gasteiger partial charge in [0.05, 0.1) is 7.11 Å². The first-order chi connectivity index (χ1) is 13.7. The lowest BCUT2D eigenvalue weighted by molar-refractivity contribution is -0.140. The SMILES string of the molecule is COc1ccc(SCCC(=O)N2CCC(C(=O)N3CCCCCC3)CC2)cc1. The molecule has 0 bridgehead atoms. The Hall–Kier alpha value is -1.69. The van der Waals surface area contributed by atoms with Crippen LogP contribution < -0.4 is 4.74 Å². The second-order valence-corrected chi connectivity index (χ2v) is 8.84. The number of hydrogen-bond donors (Lipinski definition) is 0. The van der Waals surface area contributed by atoms with Crippen LogP contribution in [0.2, 0.25) is 0 Å². The average molecular weight is 405 g/mol. The quantitative estimate of drug-likeness (QED) is 0.677. The highest BCUT2D eigenvalue weighted by molar-refractivity contribution is 7.99. The Labute approximate surface area is 172 Å². The predicted molar refractivity (Wildman–Crippen MR) is 113 cm³/mol. The molecule has 0 unspecified atom stereocenters. The van der Waals surface area contributed by atoms with Crippen molar-refractivity contribution in [1.82, 2.24) is 9.80 Å². The molecule has 5 nitrogen and oxygen atoms in total. The molecule has 2 fully saturated rings. The van der Waals surface area contributed by atoms with E-state index in [1.165, 1.54) is 12.8 Å². The summed E-state index contributed by atoms with van der Waals surface area (Å²) in [6.07, 6.45) is 6.92. The summed E-state index contributed by atoms with van der Waals surface area (Å²) in [4.78, 5) is 30.4. The van der Waals surface area contributed by atoms with Crippen LogP contribution >= 0.6 is 11.8 Å². The van der Waals surface area contributed by atoms with Gasteiger partial charge in [0, 0.05) is 49.2 Å². The lowest BCUT2D eigenvalue weighted by atomic mass is 9.95. The van der Waals surface area contributed by atoms with Gasteiger partial charge in [-0.25, -0.2) is 0 Å². The Morgan fingerprint density at radius 1 is 0.964 bits per heavy atom. The van der Waals surface area contributed by atoms with Crippen molar-refractivity contribution in [2.75, 3.05) is 39.0 Å². The van der Waals surface area contributed by atoms with Crippen LogP contribution in [0.3, 0.4) is 0 Å². The van der Waals surface area contributed by atoms with E-state index in [4.69, 9.17) is 4.74 Å². The summed E-state index contributed by atoms with van der Waals surface area (Å²) in [6.45, 7) is 3.27. The average Bonchev–Trinajstić information content (AvgIpc) is 3.03. The Bertz CT molecular complexity index is 634. The molecule has 0 N–H and O–H groups in total. The summed E-state index contributed by atoms with van der Waals surface area (Å²) in [7, 11) is 1.66. The zero-order valence-corrected chi connectivity index (χ0v) is 17.7. The van der Waals surface area contributed by atoms with Gasteiger partial charge in [0.1, 0.15) is 5.75 Å². The van der Waals surface area contributed by atoms with Gasteiger partial charge in [0.15, 0.2) is 0 Å². The van der Waals surface area contributed by atoms with Gasteiger partial charge in [-0.3, -0.25) is 9.59 Å². The van der Waals surface area contributed by atoms with Crippen LogP contribution in [0.25, 0.3) is 0 Å². The van der Waals surface area contributed by atoms with Crippen molar-refractivity contribution in [1.29, 1.82) is 0 Å². The number of amides is 2. The zero-order chi connectivity index (χ0) is 19.8. The molecule has 0 aromatic heterocycles. The van der Waals surface area contributed by atoms with Gasteiger partial charge < -0.3 is 14.5 Å². The van der Waals surface area contributed by atoms with Gasteiger partial charge in [0.2, 0.25) is 11.8 Å². The summed E-state index contributed by atoms with van der Waals surface area (Å²) >= 11 is 1.69. The molecule has 2 amide bonds. The van der Waals surface area contributed by atoms with Gasteiger partial charge in [-0.1, -0.05) is 12.8 Å². The number of nitrogens with zero attached hydrogens (tertiary/aromatic N) is 2. The maximum Gasteiger partial charge on any atom is 0.225 e. The number of carbonyl (C=O) groups excluding carboxylic acids is 2. The third-order valence-electron chi connectivity index (χ3n) is 5.76. The van der Waals surface area contributed by atoms with Crippen molar-refractivity contribution in [3.05, 3.63) is 24.3 Å². The van der Waals surface area contributed by atoms with Crippen LogP contribution in [0, 0.1) is 5.92 Å². The van der Waals surface area contributed by atoms with Crippen LogP contribution in [0.1, 0.15) is 44.9 Å². The molecule has 6 heteroatoms. The largest absolute Gasteiger partial charge is 0.497 e. The standard InChI is InChI=1S/C22H32N2O3S/c1-27-19-6-8-20(9-7-19)28-17-12-21(25)23-15-10-18(11-16-23)22(26)24-13-4-2-3-5-14-24/h6-9,18H,2-5,10-17H2,1H3. The van der Waals surface area contributed by atoms with Crippen molar-refractivity contribution in [2.24, 2.45) is 5.92 Å². The van der Waals surface area contributed by atoms with E-state index in [9.17, 15) is 9.59 Å². The molecule has 0 spiro atoms. The number of piperidine rings is 1. The van der Waals surface area contributed by atoms with Gasteiger partial charge in [-0.15, -0.1) is 11.8 Å². The minimum atomic E-state index is 0.107. The van der Waals surface area contributed by atoms with Crippen molar-refractivity contribution < 1.29 is 14.3 Å². The molecule has 2 heterocycles. The summed E-state index contributed by atoms with van der Waals surface area (Å²) in [5, 5.41) is 0. The summed E-state index contributed by atoms with van der Waals surface area (Å²) in [5.74, 6) is 2.26. The fraction of sp³-hybridized carbons (Fsp3) is 0.636. The van der Waals surface area contributed by atoms with E-state index in [0.29, 0.717) is 12.3 Å². The molecule has 1 aromatic rings. The van der Waals surface area contributed by atoms with E-state index in [1.807, 2.05) is 29.2 Å². The second-order valence-electron chi connectivity index (χ2n) is 7.67. The Morgan fingerprint density at radius 3 is 2.21 bits per heavy atom. The molecule has 28 heavy (non-hydrogen) atoms. The number of rotatable bonds is 6. The van der Waals surface area contributed by atoms with Crippen LogP contribution in [0.5, 0.6) is 5.75 Å². The first-order valence-electron chi connectivity index (χ1n) is 10.5. The van der Waals surface area contributed by atoms with Crippen molar-refractivity contribution in [3.63, 3.8) is 0 Å². The van der Waals surface area contributed by atoms with E-state index in [0.717, 1.165) is 68.3 Å². The molecule has 2 aliphatic heterocycles. The van der Waals surface area contributed by atoms with Crippen molar-refractivity contribution in [3.8, 4) is 5.75 Å². The molecule has 0 radical (unpaired) electrons. The lowest BCUT2D eigenvalue weighted by Crippen LogP contribution is -2.44. The first kappa shape index (κ1) is 21.0. The van der Waals surface area contributed by atoms with Gasteiger partial charge in [0.25, 0.3) is 0 Å². The Kier molecular flexibility index (Phi) is 8.07. The molecule has 0 aliphatic carbocycles. The number of ether oxygens (including phenoxy) is 1. The van der Waals surface area contributed by atoms with E-state index in [1.54, 1.807) is 18.9 Å². The lowest BCUT2D eigenvalue weighted by Gasteiger charge is -2.34. The molecule has 154 valence electrons. The molecule has 2 aliphatic rings. The zero-order valence-electron chi connectivity index (χ0n) is 16.9. The summed E-state index contributed by atoms with van der Waals surface area (Å²) in [6, 6.07) is 7.92. The molecule has 3 rings (SSSR count). The number of likely N-dealkylation sites (tertiary alicyclic amines) is 2. The molecule has 2 saturated heterocycles. The number of thioether (sulfide) groups is 1. The van der Waals surface area contributed by atoms with E-state index >= 15 is 0 Å². The minimum absolute atomic E-state index is 0.107. The number of methoxy groups -OCH3 is 1. The van der Waals surface area contributed by atoms with E-state index < -0.39 is 0 Å². The summed E-state index contributed by atoms with van der Waals surface area (Å²) < 4.78 is 5.16. The monoisotopic (exact) mass is 404 g/mol. The predicted octanol–water partition coefficient (Wildman–Crippen LogP) is 3.82. The van der Waals surface area contributed by atoms with E-state index in [2.05, 4.69) is 4.90 Å². The van der Waals surface area contributed by atoms with Gasteiger partial charge in [-0.05, 0) is 49.9 Å². The summed E-state index contributed by atoms with van der Waals surface area (Å²) in [5.41, 5.74) is 0. The highest BCUT2D eigenvalue weighted by Gasteiger charge is 2.30. The van der Waals surface area contributed by atoms with Crippen LogP contribution in [0.15, 0.2) is 29.2 Å². The third-order valence-corrected chi connectivity index (χ3v) is 6.77. The minimum Gasteiger partial charge on any atom is -0.497 e. The number of hydrogen-bond acceptors (Lipinski definition) is 4. The third kappa shape index (κ3) is 5.90.